The standard InChI is InChI=1S/C16H12ClF2N3O4/c1-8(20-3-4-21-15(23)11-7-22-26-9(11)2)10-5-13-14(6-12(10)17)25-16(18,19)24-13/h3,5-7H,1,4H2,2H3,(H,21,23). The van der Waals surface area contributed by atoms with Gasteiger partial charge in [-0.25, -0.2) is 0 Å². The molecule has 0 radical (unpaired) electrons. The third-order valence-corrected chi connectivity index (χ3v) is 3.71. The first-order valence-corrected chi connectivity index (χ1v) is 7.65. The third-order valence-electron chi connectivity index (χ3n) is 3.40. The summed E-state index contributed by atoms with van der Waals surface area (Å²) in [6.07, 6.45) is -1.04. The number of alkyl halides is 2. The van der Waals surface area contributed by atoms with Gasteiger partial charge in [-0.2, -0.15) is 0 Å². The average Bonchev–Trinajstić information content (AvgIpc) is 3.11. The van der Waals surface area contributed by atoms with Gasteiger partial charge in [0, 0.05) is 17.8 Å². The molecule has 3 rings (SSSR count). The summed E-state index contributed by atoms with van der Waals surface area (Å²) in [5.41, 5.74) is 0.813. The number of aliphatic imine (C=N–C) groups is 1. The molecule has 1 aliphatic heterocycles. The van der Waals surface area contributed by atoms with Crippen LogP contribution in [0.4, 0.5) is 8.78 Å². The van der Waals surface area contributed by atoms with E-state index in [1.165, 1.54) is 24.5 Å². The Morgan fingerprint density at radius 2 is 2.08 bits per heavy atom. The molecule has 136 valence electrons. The number of hydrogen-bond donors (Lipinski definition) is 1. The van der Waals surface area contributed by atoms with Crippen molar-refractivity contribution in [1.82, 2.24) is 10.5 Å². The summed E-state index contributed by atoms with van der Waals surface area (Å²) >= 11 is 6.04. The molecule has 1 amide bonds. The molecule has 0 unspecified atom stereocenters. The lowest BCUT2D eigenvalue weighted by Crippen LogP contribution is -2.25. The van der Waals surface area contributed by atoms with Crippen molar-refractivity contribution < 1.29 is 27.6 Å². The monoisotopic (exact) mass is 383 g/mol. The molecule has 0 fully saturated rings. The van der Waals surface area contributed by atoms with Crippen molar-refractivity contribution in [2.75, 3.05) is 6.54 Å². The normalized spacial score (nSPS) is 14.6. The van der Waals surface area contributed by atoms with Gasteiger partial charge in [-0.3, -0.25) is 9.79 Å². The second-order valence-corrected chi connectivity index (χ2v) is 5.62. The number of rotatable bonds is 5. The maximum atomic E-state index is 13.1. The van der Waals surface area contributed by atoms with Crippen molar-refractivity contribution >= 4 is 29.4 Å². The van der Waals surface area contributed by atoms with E-state index in [0.29, 0.717) is 16.9 Å². The largest absolute Gasteiger partial charge is 0.586 e. The van der Waals surface area contributed by atoms with Gasteiger partial charge in [0.25, 0.3) is 5.91 Å². The lowest BCUT2D eigenvalue weighted by molar-refractivity contribution is -0.286. The van der Waals surface area contributed by atoms with Gasteiger partial charge in [0.1, 0.15) is 11.3 Å². The Hall–Kier alpha value is -2.94. The zero-order valence-corrected chi connectivity index (χ0v) is 14.1. The smallest absolute Gasteiger partial charge is 0.395 e. The number of benzene rings is 1. The molecule has 7 nitrogen and oxygen atoms in total. The number of carbonyl (C=O) groups excluding carboxylic acids is 1. The van der Waals surface area contributed by atoms with Crippen LogP contribution in [0.2, 0.25) is 5.02 Å². The van der Waals surface area contributed by atoms with Gasteiger partial charge >= 0.3 is 6.29 Å². The highest BCUT2D eigenvalue weighted by Gasteiger charge is 2.43. The number of amides is 1. The van der Waals surface area contributed by atoms with E-state index in [-0.39, 0.29) is 34.7 Å². The number of nitrogens with one attached hydrogen (secondary N) is 1. The van der Waals surface area contributed by atoms with Crippen LogP contribution in [0, 0.1) is 6.92 Å². The summed E-state index contributed by atoms with van der Waals surface area (Å²) in [6.45, 7) is 5.44. The minimum atomic E-state index is -3.74. The maximum absolute atomic E-state index is 13.1. The summed E-state index contributed by atoms with van der Waals surface area (Å²) in [7, 11) is 0. The number of nitrogens with zero attached hydrogens (tertiary/aromatic N) is 2. The van der Waals surface area contributed by atoms with E-state index in [2.05, 4.69) is 31.5 Å². The molecule has 1 N–H and O–H groups in total. The van der Waals surface area contributed by atoms with Crippen LogP contribution in [0.15, 0.2) is 34.4 Å². The summed E-state index contributed by atoms with van der Waals surface area (Å²) < 4.78 is 39.6. The number of hydrogen-bond acceptors (Lipinski definition) is 6. The Labute approximate surface area is 151 Å². The van der Waals surface area contributed by atoms with E-state index < -0.39 is 6.29 Å². The van der Waals surface area contributed by atoms with Crippen LogP contribution < -0.4 is 14.8 Å². The molecule has 10 heteroatoms. The van der Waals surface area contributed by atoms with E-state index in [4.69, 9.17) is 16.1 Å². The Morgan fingerprint density at radius 3 is 2.73 bits per heavy atom. The van der Waals surface area contributed by atoms with Crippen LogP contribution in [0.3, 0.4) is 0 Å². The predicted molar refractivity (Wildman–Crippen MR) is 88.8 cm³/mol. The molecule has 2 heterocycles. The van der Waals surface area contributed by atoms with Gasteiger partial charge in [0.2, 0.25) is 0 Å². The molecule has 1 aromatic heterocycles. The van der Waals surface area contributed by atoms with E-state index >= 15 is 0 Å². The van der Waals surface area contributed by atoms with Crippen LogP contribution in [-0.2, 0) is 0 Å². The van der Waals surface area contributed by atoms with Crippen LogP contribution in [0.25, 0.3) is 5.70 Å². The number of ether oxygens (including phenoxy) is 2. The van der Waals surface area contributed by atoms with Gasteiger partial charge in [0.15, 0.2) is 11.5 Å². The molecule has 2 aromatic rings. The average molecular weight is 384 g/mol. The number of aromatic nitrogens is 1. The molecule has 0 spiro atoms. The van der Waals surface area contributed by atoms with E-state index in [9.17, 15) is 13.6 Å². The van der Waals surface area contributed by atoms with E-state index in [0.717, 1.165) is 0 Å². The highest BCUT2D eigenvalue weighted by molar-refractivity contribution is 6.32. The van der Waals surface area contributed by atoms with Crippen molar-refractivity contribution in [1.29, 1.82) is 0 Å². The predicted octanol–water partition coefficient (Wildman–Crippen LogP) is 3.43. The van der Waals surface area contributed by atoms with Gasteiger partial charge in [-0.05, 0) is 13.0 Å². The second-order valence-electron chi connectivity index (χ2n) is 5.21. The maximum Gasteiger partial charge on any atom is 0.586 e. The molecule has 0 saturated carbocycles. The molecule has 0 atom stereocenters. The van der Waals surface area contributed by atoms with Crippen molar-refractivity contribution in [2.24, 2.45) is 4.99 Å². The van der Waals surface area contributed by atoms with Crippen molar-refractivity contribution in [3.05, 3.63) is 46.8 Å². The third kappa shape index (κ3) is 3.67. The first-order valence-electron chi connectivity index (χ1n) is 7.27. The van der Waals surface area contributed by atoms with Gasteiger partial charge in [-0.1, -0.05) is 23.3 Å². The zero-order chi connectivity index (χ0) is 18.9. The van der Waals surface area contributed by atoms with Crippen molar-refractivity contribution in [2.45, 2.75) is 13.2 Å². The summed E-state index contributed by atoms with van der Waals surface area (Å²) in [6, 6.07) is 2.46. The highest BCUT2D eigenvalue weighted by atomic mass is 35.5. The van der Waals surface area contributed by atoms with Gasteiger partial charge in [-0.15, -0.1) is 8.78 Å². The molecule has 0 saturated heterocycles. The molecule has 0 bridgehead atoms. The first-order chi connectivity index (χ1) is 12.3. The van der Waals surface area contributed by atoms with Crippen LogP contribution in [0.1, 0.15) is 21.7 Å². The van der Waals surface area contributed by atoms with E-state index in [1.807, 2.05) is 0 Å². The molecule has 1 aromatic carbocycles. The molecular formula is C16H12ClF2N3O4. The van der Waals surface area contributed by atoms with E-state index in [1.54, 1.807) is 6.92 Å². The minimum absolute atomic E-state index is 0.0999. The Morgan fingerprint density at radius 1 is 1.38 bits per heavy atom. The Bertz CT molecular complexity index is 911. The first kappa shape index (κ1) is 17.9. The molecule has 1 aliphatic rings. The number of carbonyl (C=O) groups is 1. The van der Waals surface area contributed by atoms with Crippen molar-refractivity contribution in [3.63, 3.8) is 0 Å². The molecular weight excluding hydrogens is 372 g/mol. The Kier molecular flexibility index (Phi) is 4.64. The van der Waals surface area contributed by atoms with Gasteiger partial charge < -0.3 is 19.3 Å². The van der Waals surface area contributed by atoms with Crippen LogP contribution >= 0.6 is 11.6 Å². The Balaban J connectivity index is 1.63. The fourth-order valence-corrected chi connectivity index (χ4v) is 2.43. The fourth-order valence-electron chi connectivity index (χ4n) is 2.17. The molecule has 0 aliphatic carbocycles. The van der Waals surface area contributed by atoms with Crippen molar-refractivity contribution in [3.8, 4) is 11.5 Å². The minimum Gasteiger partial charge on any atom is -0.395 e. The SMILES string of the molecule is C=C(N=CCNC(=O)c1cnoc1C)c1cc2c(cc1Cl)OC(F)(F)O2. The zero-order valence-electron chi connectivity index (χ0n) is 13.4. The number of halogens is 3. The number of aryl methyl sites for hydroxylation is 1. The second kappa shape index (κ2) is 6.75. The number of fused-ring (bicyclic) bond motifs is 1. The fraction of sp³-hybridized carbons (Fsp3) is 0.188. The summed E-state index contributed by atoms with van der Waals surface area (Å²) in [5.74, 6) is -0.309. The summed E-state index contributed by atoms with van der Waals surface area (Å²) in [4.78, 5) is 15.9. The lowest BCUT2D eigenvalue weighted by Gasteiger charge is -2.05. The summed E-state index contributed by atoms with van der Waals surface area (Å²) in [5, 5.41) is 6.23. The highest BCUT2D eigenvalue weighted by Crippen LogP contribution is 2.44. The quantitative estimate of drug-likeness (QED) is 0.799. The van der Waals surface area contributed by atoms with Crippen LogP contribution in [0.5, 0.6) is 11.5 Å². The molecule has 26 heavy (non-hydrogen) atoms. The topological polar surface area (TPSA) is 86.0 Å². The lowest BCUT2D eigenvalue weighted by atomic mass is 10.1. The van der Waals surface area contributed by atoms with Crippen LogP contribution in [-0.4, -0.2) is 30.1 Å². The van der Waals surface area contributed by atoms with Gasteiger partial charge in [0.05, 0.1) is 23.5 Å².